The van der Waals surface area contributed by atoms with Crippen molar-refractivity contribution in [2.75, 3.05) is 37.8 Å². The number of rotatable bonds is 6. The summed E-state index contributed by atoms with van der Waals surface area (Å²) in [5.41, 5.74) is 0.358. The first-order valence-electron chi connectivity index (χ1n) is 6.84. The van der Waals surface area contributed by atoms with Crippen LogP contribution in [-0.2, 0) is 0 Å². The average Bonchev–Trinajstić information content (AvgIpc) is 2.49. The van der Waals surface area contributed by atoms with Gasteiger partial charge >= 0.3 is 0 Å². The van der Waals surface area contributed by atoms with E-state index in [1.807, 2.05) is 14.1 Å². The minimum Gasteiger partial charge on any atom is -0.367 e. The van der Waals surface area contributed by atoms with Gasteiger partial charge in [-0.05, 0) is 50.5 Å². The molecule has 0 radical (unpaired) electrons. The Morgan fingerprint density at radius 3 is 2.32 bits per heavy atom. The lowest BCUT2D eigenvalue weighted by Crippen LogP contribution is -2.21. The summed E-state index contributed by atoms with van der Waals surface area (Å²) in [6.07, 6.45) is 0. The Hall–Kier alpha value is -2.54. The van der Waals surface area contributed by atoms with E-state index >= 15 is 0 Å². The second kappa shape index (κ2) is 7.46. The van der Waals surface area contributed by atoms with Crippen molar-refractivity contribution >= 4 is 17.5 Å². The van der Waals surface area contributed by atoms with E-state index < -0.39 is 0 Å². The zero-order chi connectivity index (χ0) is 15.9. The molecule has 2 aromatic rings. The maximum Gasteiger partial charge on any atom is 0.256 e. The highest BCUT2D eigenvalue weighted by atomic mass is 19.1. The molecule has 0 aliphatic heterocycles. The van der Waals surface area contributed by atoms with Crippen molar-refractivity contribution in [3.63, 3.8) is 0 Å². The first-order valence-corrected chi connectivity index (χ1v) is 6.84. The van der Waals surface area contributed by atoms with Gasteiger partial charge in [0, 0.05) is 18.7 Å². The fourth-order valence-corrected chi connectivity index (χ4v) is 1.69. The molecule has 0 saturated carbocycles. The number of benzene rings is 1. The normalized spacial score (nSPS) is 10.5. The second-order valence-corrected chi connectivity index (χ2v) is 4.99. The van der Waals surface area contributed by atoms with Gasteiger partial charge in [0.1, 0.15) is 11.6 Å². The van der Waals surface area contributed by atoms with Gasteiger partial charge in [0.05, 0.1) is 0 Å². The van der Waals surface area contributed by atoms with Crippen molar-refractivity contribution in [1.82, 2.24) is 15.1 Å². The summed E-state index contributed by atoms with van der Waals surface area (Å²) >= 11 is 0. The molecule has 1 aromatic carbocycles. The summed E-state index contributed by atoms with van der Waals surface area (Å²) in [6.45, 7) is 1.63. The topological polar surface area (TPSA) is 70.2 Å². The maximum absolute atomic E-state index is 12.8. The molecule has 0 spiro atoms. The number of hydrogen-bond donors (Lipinski definition) is 2. The van der Waals surface area contributed by atoms with Crippen LogP contribution < -0.4 is 10.6 Å². The molecule has 7 heteroatoms. The summed E-state index contributed by atoms with van der Waals surface area (Å²) < 4.78 is 12.8. The van der Waals surface area contributed by atoms with Gasteiger partial charge in [-0.15, -0.1) is 10.2 Å². The van der Waals surface area contributed by atoms with Crippen molar-refractivity contribution in [3.8, 4) is 0 Å². The summed E-state index contributed by atoms with van der Waals surface area (Å²) in [6, 6.07) is 8.69. The van der Waals surface area contributed by atoms with Crippen molar-refractivity contribution in [2.24, 2.45) is 0 Å². The third-order valence-electron chi connectivity index (χ3n) is 2.88. The number of nitrogens with zero attached hydrogens (tertiary/aromatic N) is 3. The number of anilines is 2. The molecule has 0 aliphatic carbocycles. The third-order valence-corrected chi connectivity index (χ3v) is 2.88. The first kappa shape index (κ1) is 15.8. The molecule has 2 rings (SSSR count). The summed E-state index contributed by atoms with van der Waals surface area (Å²) in [5, 5.41) is 13.6. The van der Waals surface area contributed by atoms with Gasteiger partial charge in [-0.25, -0.2) is 4.39 Å². The average molecular weight is 303 g/mol. The molecule has 22 heavy (non-hydrogen) atoms. The van der Waals surface area contributed by atoms with Crippen LogP contribution >= 0.6 is 0 Å². The molecule has 0 unspecified atom stereocenters. The van der Waals surface area contributed by atoms with Gasteiger partial charge in [0.2, 0.25) is 0 Å². The smallest absolute Gasteiger partial charge is 0.256 e. The van der Waals surface area contributed by atoms with Crippen molar-refractivity contribution in [3.05, 3.63) is 47.8 Å². The van der Waals surface area contributed by atoms with Gasteiger partial charge in [-0.2, -0.15) is 0 Å². The largest absolute Gasteiger partial charge is 0.367 e. The van der Waals surface area contributed by atoms with E-state index in [1.54, 1.807) is 12.1 Å². The number of likely N-dealkylation sites (N-methyl/N-ethyl adjacent to an activating group) is 1. The standard InChI is InChI=1S/C15H18FN5O/c1-21(2)10-9-17-13-7-8-14(20-19-13)18-15(22)11-3-5-12(16)6-4-11/h3-8H,9-10H2,1-2H3,(H,17,19)(H,18,20,22). The highest BCUT2D eigenvalue weighted by molar-refractivity contribution is 6.03. The lowest BCUT2D eigenvalue weighted by molar-refractivity contribution is 0.102. The lowest BCUT2D eigenvalue weighted by atomic mass is 10.2. The van der Waals surface area contributed by atoms with Crippen LogP contribution in [0.25, 0.3) is 0 Å². The molecule has 0 fully saturated rings. The van der Waals surface area contributed by atoms with Gasteiger partial charge in [-0.1, -0.05) is 0 Å². The molecular weight excluding hydrogens is 285 g/mol. The quantitative estimate of drug-likeness (QED) is 0.852. The zero-order valence-electron chi connectivity index (χ0n) is 12.5. The van der Waals surface area contributed by atoms with Crippen LogP contribution in [-0.4, -0.2) is 48.2 Å². The van der Waals surface area contributed by atoms with Gasteiger partial charge in [0.25, 0.3) is 5.91 Å². The number of carbonyl (C=O) groups excluding carboxylic acids is 1. The molecule has 2 N–H and O–H groups in total. The van der Waals surface area contributed by atoms with Gasteiger partial charge in [0.15, 0.2) is 5.82 Å². The Labute approximate surface area is 128 Å². The number of amides is 1. The van der Waals surface area contributed by atoms with Gasteiger partial charge in [-0.3, -0.25) is 4.79 Å². The third kappa shape index (κ3) is 4.78. The fourth-order valence-electron chi connectivity index (χ4n) is 1.69. The van der Waals surface area contributed by atoms with Gasteiger partial charge < -0.3 is 15.5 Å². The Kier molecular flexibility index (Phi) is 5.37. The molecule has 6 nitrogen and oxygen atoms in total. The number of nitrogens with one attached hydrogen (secondary N) is 2. The number of halogens is 1. The fraction of sp³-hybridized carbons (Fsp3) is 0.267. The zero-order valence-corrected chi connectivity index (χ0v) is 12.5. The Morgan fingerprint density at radius 1 is 1.09 bits per heavy atom. The molecule has 0 saturated heterocycles. The SMILES string of the molecule is CN(C)CCNc1ccc(NC(=O)c2ccc(F)cc2)nn1. The minimum atomic E-state index is -0.385. The Bertz CT molecular complexity index is 613. The highest BCUT2D eigenvalue weighted by Crippen LogP contribution is 2.09. The van der Waals surface area contributed by atoms with Crippen molar-refractivity contribution in [1.29, 1.82) is 0 Å². The molecule has 0 atom stereocenters. The van der Waals surface area contributed by atoms with Crippen LogP contribution in [0.2, 0.25) is 0 Å². The molecule has 1 heterocycles. The molecule has 1 aromatic heterocycles. The van der Waals surface area contributed by atoms with Crippen molar-refractivity contribution < 1.29 is 9.18 Å². The number of carbonyl (C=O) groups is 1. The van der Waals surface area contributed by atoms with E-state index in [4.69, 9.17) is 0 Å². The van der Waals surface area contributed by atoms with Crippen LogP contribution in [0.15, 0.2) is 36.4 Å². The molecule has 0 aliphatic rings. The number of aromatic nitrogens is 2. The minimum absolute atomic E-state index is 0.340. The first-order chi connectivity index (χ1) is 10.5. The van der Waals surface area contributed by atoms with Crippen LogP contribution in [0.5, 0.6) is 0 Å². The van der Waals surface area contributed by atoms with E-state index in [0.717, 1.165) is 13.1 Å². The Morgan fingerprint density at radius 2 is 1.73 bits per heavy atom. The van der Waals surface area contributed by atoms with Crippen molar-refractivity contribution in [2.45, 2.75) is 0 Å². The predicted molar refractivity (Wildman–Crippen MR) is 83.4 cm³/mol. The second-order valence-electron chi connectivity index (χ2n) is 4.99. The molecular formula is C15H18FN5O. The molecule has 0 bridgehead atoms. The highest BCUT2D eigenvalue weighted by Gasteiger charge is 2.07. The van der Waals surface area contributed by atoms with E-state index in [1.165, 1.54) is 24.3 Å². The van der Waals surface area contributed by atoms with Crippen LogP contribution in [0, 0.1) is 5.82 Å². The van der Waals surface area contributed by atoms with E-state index in [-0.39, 0.29) is 11.7 Å². The van der Waals surface area contributed by atoms with Crippen LogP contribution in [0.3, 0.4) is 0 Å². The van der Waals surface area contributed by atoms with E-state index in [0.29, 0.717) is 17.2 Å². The summed E-state index contributed by atoms with van der Waals surface area (Å²) in [7, 11) is 3.98. The summed E-state index contributed by atoms with van der Waals surface area (Å²) in [5.74, 6) is 0.237. The monoisotopic (exact) mass is 303 g/mol. The molecule has 1 amide bonds. The van der Waals surface area contributed by atoms with Crippen LogP contribution in [0.1, 0.15) is 10.4 Å². The van der Waals surface area contributed by atoms with Crippen LogP contribution in [0.4, 0.5) is 16.0 Å². The van der Waals surface area contributed by atoms with E-state index in [2.05, 4.69) is 25.7 Å². The van der Waals surface area contributed by atoms with E-state index in [9.17, 15) is 9.18 Å². The molecule has 116 valence electrons. The lowest BCUT2D eigenvalue weighted by Gasteiger charge is -2.10. The summed E-state index contributed by atoms with van der Waals surface area (Å²) in [4.78, 5) is 14.0. The number of hydrogen-bond acceptors (Lipinski definition) is 5. The predicted octanol–water partition coefficient (Wildman–Crippen LogP) is 1.84. The maximum atomic E-state index is 12.8. The Balaban J connectivity index is 1.90.